The Morgan fingerprint density at radius 2 is 1.48 bits per heavy atom. The van der Waals surface area contributed by atoms with Crippen LogP contribution in [0.3, 0.4) is 0 Å². The van der Waals surface area contributed by atoms with E-state index >= 15 is 0 Å². The lowest BCUT2D eigenvalue weighted by Gasteiger charge is -2.32. The molecule has 0 spiro atoms. The van der Waals surface area contributed by atoms with Crippen LogP contribution >= 0.6 is 0 Å². The Bertz CT molecular complexity index is 676. The Morgan fingerprint density at radius 1 is 0.957 bits per heavy atom. The van der Waals surface area contributed by atoms with Crippen molar-refractivity contribution in [3.8, 4) is 0 Å². The van der Waals surface area contributed by atoms with E-state index in [4.69, 9.17) is 5.10 Å². The van der Waals surface area contributed by atoms with Crippen LogP contribution in [-0.2, 0) is 0 Å². The van der Waals surface area contributed by atoms with Crippen LogP contribution in [0.1, 0.15) is 23.7 Å². The zero-order valence-corrected chi connectivity index (χ0v) is 15.3. The number of carbonyl (C=O) groups is 1. The lowest BCUT2D eigenvalue weighted by atomic mass is 10.1. The smallest absolute Gasteiger partial charge is 0.176 e. The maximum absolute atomic E-state index is 12.3. The van der Waals surface area contributed by atoms with Crippen molar-refractivity contribution in [2.75, 3.05) is 4.67 Å². The van der Waals surface area contributed by atoms with Gasteiger partial charge in [0.2, 0.25) is 0 Å². The molecule has 0 amide bonds. The van der Waals surface area contributed by atoms with Gasteiger partial charge in [0.15, 0.2) is 14.0 Å². The number of anilines is 1. The van der Waals surface area contributed by atoms with Crippen LogP contribution in [0.4, 0.5) is 5.69 Å². The molecule has 0 aliphatic rings. The maximum Gasteiger partial charge on any atom is 0.176 e. The first-order chi connectivity index (χ1) is 10.9. The number of hydrogen-bond donors (Lipinski definition) is 0. The molecule has 0 bridgehead atoms. The molecule has 0 radical (unpaired) electrons. The Morgan fingerprint density at radius 3 is 2.00 bits per heavy atom. The predicted molar refractivity (Wildman–Crippen MR) is 101 cm³/mol. The molecule has 120 valence electrons. The van der Waals surface area contributed by atoms with Gasteiger partial charge in [-0.25, -0.2) is 0 Å². The normalized spacial score (nSPS) is 12.1. The van der Waals surface area contributed by atoms with Gasteiger partial charge in [-0.1, -0.05) is 48.5 Å². The number of carbonyl (C=O) groups excluding carboxylic acids is 1. The van der Waals surface area contributed by atoms with E-state index in [1.807, 2.05) is 55.5 Å². The third-order valence-corrected chi connectivity index (χ3v) is 5.05. The van der Waals surface area contributed by atoms with E-state index in [9.17, 15) is 4.79 Å². The highest BCUT2D eigenvalue weighted by molar-refractivity contribution is 6.79. The van der Waals surface area contributed by atoms with Gasteiger partial charge in [0.25, 0.3) is 0 Å². The van der Waals surface area contributed by atoms with Gasteiger partial charge in [0.05, 0.1) is 6.42 Å². The zero-order valence-electron chi connectivity index (χ0n) is 14.3. The first-order valence-electron chi connectivity index (χ1n) is 7.85. The number of hydrazone groups is 1. The number of nitrogens with zero attached hydrogens (tertiary/aromatic N) is 2. The van der Waals surface area contributed by atoms with E-state index in [0.717, 1.165) is 17.0 Å². The van der Waals surface area contributed by atoms with Crippen molar-refractivity contribution in [2.24, 2.45) is 5.10 Å². The van der Waals surface area contributed by atoms with Gasteiger partial charge in [-0.15, -0.1) is 0 Å². The average Bonchev–Trinajstić information content (AvgIpc) is 2.53. The Kier molecular flexibility index (Phi) is 5.50. The SMILES string of the molecule is CC(CC(=O)c1ccccc1)=NN(c1ccccc1)[Si](C)(C)C. The maximum atomic E-state index is 12.3. The number of Topliss-reactive ketones (excluding diaryl/α,β-unsaturated/α-hetero) is 1. The van der Waals surface area contributed by atoms with Gasteiger partial charge in [0, 0.05) is 17.0 Å². The van der Waals surface area contributed by atoms with E-state index in [-0.39, 0.29) is 5.78 Å². The van der Waals surface area contributed by atoms with Crippen LogP contribution < -0.4 is 4.67 Å². The highest BCUT2D eigenvalue weighted by Gasteiger charge is 2.24. The Hall–Kier alpha value is -2.20. The molecular formula is C19H24N2OSi. The second-order valence-electron chi connectivity index (χ2n) is 6.62. The minimum Gasteiger partial charge on any atom is -0.295 e. The van der Waals surface area contributed by atoms with Crippen LogP contribution in [0, 0.1) is 0 Å². The summed E-state index contributed by atoms with van der Waals surface area (Å²) in [4.78, 5) is 12.3. The Balaban J connectivity index is 2.21. The summed E-state index contributed by atoms with van der Waals surface area (Å²) in [6.45, 7) is 8.66. The molecule has 2 aromatic rings. The lowest BCUT2D eigenvalue weighted by molar-refractivity contribution is 0.100. The molecule has 0 N–H and O–H groups in total. The van der Waals surface area contributed by atoms with Crippen LogP contribution in [0.5, 0.6) is 0 Å². The summed E-state index contributed by atoms with van der Waals surface area (Å²) in [5.74, 6) is 0.107. The van der Waals surface area contributed by atoms with E-state index in [1.165, 1.54) is 0 Å². The summed E-state index contributed by atoms with van der Waals surface area (Å²) in [5.41, 5.74) is 2.66. The summed E-state index contributed by atoms with van der Waals surface area (Å²) >= 11 is 0. The molecule has 0 saturated carbocycles. The summed E-state index contributed by atoms with van der Waals surface area (Å²) in [6.07, 6.45) is 0.345. The van der Waals surface area contributed by atoms with Gasteiger partial charge < -0.3 is 0 Å². The fourth-order valence-electron chi connectivity index (χ4n) is 2.33. The molecule has 0 atom stereocenters. The molecule has 0 aliphatic heterocycles. The molecular weight excluding hydrogens is 300 g/mol. The van der Waals surface area contributed by atoms with Crippen LogP contribution in [0.2, 0.25) is 19.6 Å². The van der Waals surface area contributed by atoms with Gasteiger partial charge in [-0.05, 0) is 38.7 Å². The van der Waals surface area contributed by atoms with E-state index in [1.54, 1.807) is 0 Å². The van der Waals surface area contributed by atoms with Crippen LogP contribution in [0.15, 0.2) is 65.8 Å². The number of para-hydroxylation sites is 1. The molecule has 3 nitrogen and oxygen atoms in total. The summed E-state index contributed by atoms with van der Waals surface area (Å²) in [6, 6.07) is 19.6. The first kappa shape index (κ1) is 17.2. The number of rotatable bonds is 6. The van der Waals surface area contributed by atoms with Crippen molar-refractivity contribution in [3.05, 3.63) is 66.2 Å². The van der Waals surface area contributed by atoms with E-state index in [0.29, 0.717) is 6.42 Å². The van der Waals surface area contributed by atoms with Crippen molar-refractivity contribution >= 4 is 25.4 Å². The van der Waals surface area contributed by atoms with E-state index < -0.39 is 8.24 Å². The molecule has 0 aliphatic carbocycles. The average molecular weight is 325 g/mol. The highest BCUT2D eigenvalue weighted by atomic mass is 28.3. The fourth-order valence-corrected chi connectivity index (χ4v) is 3.72. The topological polar surface area (TPSA) is 32.7 Å². The number of hydrogen-bond acceptors (Lipinski definition) is 3. The molecule has 2 aromatic carbocycles. The number of benzene rings is 2. The second-order valence-corrected chi connectivity index (χ2v) is 11.4. The van der Waals surface area contributed by atoms with Gasteiger partial charge >= 0.3 is 0 Å². The molecule has 4 heteroatoms. The highest BCUT2D eigenvalue weighted by Crippen LogP contribution is 2.22. The summed E-state index contributed by atoms with van der Waals surface area (Å²) < 4.78 is 2.11. The zero-order chi connectivity index (χ0) is 16.9. The van der Waals surface area contributed by atoms with Crippen molar-refractivity contribution in [2.45, 2.75) is 33.0 Å². The van der Waals surface area contributed by atoms with Crippen molar-refractivity contribution < 1.29 is 4.79 Å². The van der Waals surface area contributed by atoms with E-state index in [2.05, 4.69) is 36.4 Å². The molecule has 23 heavy (non-hydrogen) atoms. The molecule has 0 heterocycles. The summed E-state index contributed by atoms with van der Waals surface area (Å²) in [7, 11) is -1.69. The monoisotopic (exact) mass is 324 g/mol. The molecule has 0 fully saturated rings. The van der Waals surface area contributed by atoms with Gasteiger partial charge in [0.1, 0.15) is 0 Å². The third-order valence-electron chi connectivity index (χ3n) is 3.42. The van der Waals surface area contributed by atoms with Crippen LogP contribution in [-0.4, -0.2) is 19.7 Å². The fraction of sp³-hybridized carbons (Fsp3) is 0.263. The second kappa shape index (κ2) is 7.37. The Labute approximate surface area is 139 Å². The molecule has 0 saturated heterocycles. The van der Waals surface area contributed by atoms with Crippen molar-refractivity contribution in [1.82, 2.24) is 0 Å². The summed E-state index contributed by atoms with van der Waals surface area (Å²) in [5, 5.41) is 4.77. The first-order valence-corrected chi connectivity index (χ1v) is 11.3. The van der Waals surface area contributed by atoms with Gasteiger partial charge in [-0.3, -0.25) is 9.47 Å². The van der Waals surface area contributed by atoms with Crippen molar-refractivity contribution in [3.63, 3.8) is 0 Å². The lowest BCUT2D eigenvalue weighted by Crippen LogP contribution is -2.43. The largest absolute Gasteiger partial charge is 0.295 e. The van der Waals surface area contributed by atoms with Gasteiger partial charge in [-0.2, -0.15) is 5.10 Å². The number of ketones is 1. The standard InChI is InChI=1S/C19H24N2OSi/c1-16(15-19(22)17-11-7-5-8-12-17)20-21(23(2,3)4)18-13-9-6-10-14-18/h5-14H,15H2,1-4H3. The quantitative estimate of drug-likeness (QED) is 0.325. The predicted octanol–water partition coefficient (Wildman–Crippen LogP) is 4.98. The molecule has 0 unspecified atom stereocenters. The molecule has 2 rings (SSSR count). The van der Waals surface area contributed by atoms with Crippen molar-refractivity contribution in [1.29, 1.82) is 0 Å². The minimum absolute atomic E-state index is 0.107. The third kappa shape index (κ3) is 4.89. The minimum atomic E-state index is -1.69. The van der Waals surface area contributed by atoms with Crippen LogP contribution in [0.25, 0.3) is 0 Å². The molecule has 0 aromatic heterocycles.